The van der Waals surface area contributed by atoms with Gasteiger partial charge in [0.15, 0.2) is 0 Å². The number of hydrogen-bond donors (Lipinski definition) is 1. The van der Waals surface area contributed by atoms with E-state index < -0.39 is 0 Å². The number of rotatable bonds is 8. The number of nitrogens with one attached hydrogen (secondary N) is 1. The lowest BCUT2D eigenvalue weighted by atomic mass is 9.87. The Balaban J connectivity index is 1.88. The Labute approximate surface area is 126 Å². The van der Waals surface area contributed by atoms with Crippen molar-refractivity contribution in [1.82, 2.24) is 10.2 Å². The van der Waals surface area contributed by atoms with E-state index in [0.717, 1.165) is 11.8 Å². The standard InChI is InChI=1S/C18H36N2/c1-5-6-7-8-11-20-13-17(12-15(2)3)19-14-18(20,4)16-9-10-16/h15-17,19H,5-14H2,1-4H3. The number of unbranched alkanes of at least 4 members (excludes halogenated alkanes) is 3. The molecular formula is C18H36N2. The molecule has 1 saturated carbocycles. The minimum absolute atomic E-state index is 0.444. The van der Waals surface area contributed by atoms with Crippen LogP contribution in [0.25, 0.3) is 0 Å². The Morgan fingerprint density at radius 3 is 2.55 bits per heavy atom. The highest BCUT2D eigenvalue weighted by Gasteiger charge is 2.47. The van der Waals surface area contributed by atoms with E-state index in [4.69, 9.17) is 0 Å². The van der Waals surface area contributed by atoms with Crippen molar-refractivity contribution in [2.24, 2.45) is 11.8 Å². The molecule has 1 aliphatic heterocycles. The smallest absolute Gasteiger partial charge is 0.0334 e. The van der Waals surface area contributed by atoms with Crippen LogP contribution in [0.3, 0.4) is 0 Å². The molecule has 2 nitrogen and oxygen atoms in total. The topological polar surface area (TPSA) is 15.3 Å². The van der Waals surface area contributed by atoms with Crippen LogP contribution in [-0.4, -0.2) is 36.1 Å². The van der Waals surface area contributed by atoms with Gasteiger partial charge in [0.05, 0.1) is 0 Å². The summed E-state index contributed by atoms with van der Waals surface area (Å²) in [5, 5.41) is 3.85. The summed E-state index contributed by atoms with van der Waals surface area (Å²) in [4.78, 5) is 2.85. The quantitative estimate of drug-likeness (QED) is 0.675. The third kappa shape index (κ3) is 4.21. The third-order valence-electron chi connectivity index (χ3n) is 5.41. The first-order chi connectivity index (χ1) is 9.56. The van der Waals surface area contributed by atoms with Gasteiger partial charge in [-0.25, -0.2) is 0 Å². The van der Waals surface area contributed by atoms with E-state index >= 15 is 0 Å². The van der Waals surface area contributed by atoms with Gasteiger partial charge in [-0.3, -0.25) is 4.90 Å². The van der Waals surface area contributed by atoms with Crippen LogP contribution < -0.4 is 5.32 Å². The van der Waals surface area contributed by atoms with Crippen molar-refractivity contribution in [3.63, 3.8) is 0 Å². The minimum atomic E-state index is 0.444. The molecule has 2 aliphatic rings. The maximum atomic E-state index is 3.85. The van der Waals surface area contributed by atoms with Crippen LogP contribution in [0.15, 0.2) is 0 Å². The third-order valence-corrected chi connectivity index (χ3v) is 5.41. The van der Waals surface area contributed by atoms with E-state index in [9.17, 15) is 0 Å². The van der Waals surface area contributed by atoms with E-state index in [1.807, 2.05) is 0 Å². The Bertz CT molecular complexity index is 285. The molecule has 20 heavy (non-hydrogen) atoms. The molecule has 2 heteroatoms. The molecule has 1 heterocycles. The predicted molar refractivity (Wildman–Crippen MR) is 88.1 cm³/mol. The summed E-state index contributed by atoms with van der Waals surface area (Å²) in [7, 11) is 0. The van der Waals surface area contributed by atoms with Gasteiger partial charge in [0.25, 0.3) is 0 Å². The Kier molecular flexibility index (Phi) is 5.92. The van der Waals surface area contributed by atoms with Crippen LogP contribution in [-0.2, 0) is 0 Å². The number of nitrogens with zero attached hydrogens (tertiary/aromatic N) is 1. The summed E-state index contributed by atoms with van der Waals surface area (Å²) in [5.74, 6) is 1.76. The van der Waals surface area contributed by atoms with Gasteiger partial charge in [0, 0.05) is 24.7 Å². The van der Waals surface area contributed by atoms with Crippen molar-refractivity contribution in [2.45, 2.75) is 84.2 Å². The maximum Gasteiger partial charge on any atom is 0.0334 e. The molecule has 0 aromatic heterocycles. The molecule has 2 fully saturated rings. The largest absolute Gasteiger partial charge is 0.311 e. The highest BCUT2D eigenvalue weighted by Crippen LogP contribution is 2.44. The monoisotopic (exact) mass is 280 g/mol. The zero-order valence-corrected chi connectivity index (χ0v) is 14.3. The van der Waals surface area contributed by atoms with E-state index in [-0.39, 0.29) is 0 Å². The second kappa shape index (κ2) is 7.26. The first kappa shape index (κ1) is 16.3. The molecule has 2 rings (SSSR count). The molecule has 0 aromatic carbocycles. The van der Waals surface area contributed by atoms with Crippen molar-refractivity contribution in [1.29, 1.82) is 0 Å². The van der Waals surface area contributed by atoms with Gasteiger partial charge < -0.3 is 5.32 Å². The second-order valence-corrected chi connectivity index (χ2v) is 7.85. The summed E-state index contributed by atoms with van der Waals surface area (Å²) >= 11 is 0. The lowest BCUT2D eigenvalue weighted by Gasteiger charge is -2.49. The molecule has 1 saturated heterocycles. The average Bonchev–Trinajstić information content (AvgIpc) is 3.22. The second-order valence-electron chi connectivity index (χ2n) is 7.85. The molecule has 0 aromatic rings. The van der Waals surface area contributed by atoms with E-state index in [0.29, 0.717) is 11.6 Å². The Hall–Kier alpha value is -0.0800. The minimum Gasteiger partial charge on any atom is -0.311 e. The van der Waals surface area contributed by atoms with Crippen molar-refractivity contribution < 1.29 is 0 Å². The van der Waals surface area contributed by atoms with Crippen LogP contribution >= 0.6 is 0 Å². The average molecular weight is 281 g/mol. The molecule has 2 atom stereocenters. The van der Waals surface area contributed by atoms with Crippen LogP contribution in [0.5, 0.6) is 0 Å². The molecule has 0 spiro atoms. The SMILES string of the molecule is CCCCCCN1CC(CC(C)C)NCC1(C)C1CC1. The number of hydrogen-bond acceptors (Lipinski definition) is 2. The highest BCUT2D eigenvalue weighted by atomic mass is 15.3. The fraction of sp³-hybridized carbons (Fsp3) is 1.00. The maximum absolute atomic E-state index is 3.85. The van der Waals surface area contributed by atoms with Gasteiger partial charge in [-0.05, 0) is 51.0 Å². The normalized spacial score (nSPS) is 31.9. The first-order valence-electron chi connectivity index (χ1n) is 9.04. The molecule has 1 aliphatic carbocycles. The lowest BCUT2D eigenvalue weighted by molar-refractivity contribution is 0.0294. The zero-order chi connectivity index (χ0) is 14.6. The number of piperazine rings is 1. The van der Waals surface area contributed by atoms with Gasteiger partial charge in [-0.15, -0.1) is 0 Å². The van der Waals surface area contributed by atoms with Crippen LogP contribution in [0.1, 0.15) is 72.6 Å². The molecule has 0 bridgehead atoms. The summed E-state index contributed by atoms with van der Waals surface area (Å²) in [5.41, 5.74) is 0.444. The summed E-state index contributed by atoms with van der Waals surface area (Å²) in [6.07, 6.45) is 9.79. The molecule has 1 N–H and O–H groups in total. The fourth-order valence-corrected chi connectivity index (χ4v) is 3.91. The lowest BCUT2D eigenvalue weighted by Crippen LogP contribution is -2.64. The van der Waals surface area contributed by atoms with Gasteiger partial charge in [-0.2, -0.15) is 0 Å². The Morgan fingerprint density at radius 1 is 1.20 bits per heavy atom. The van der Waals surface area contributed by atoms with Gasteiger partial charge in [0.2, 0.25) is 0 Å². The van der Waals surface area contributed by atoms with Crippen LogP contribution in [0, 0.1) is 11.8 Å². The molecule has 0 amide bonds. The summed E-state index contributed by atoms with van der Waals surface area (Å²) < 4.78 is 0. The van der Waals surface area contributed by atoms with Gasteiger partial charge >= 0.3 is 0 Å². The molecule has 2 unspecified atom stereocenters. The van der Waals surface area contributed by atoms with Crippen molar-refractivity contribution in [2.75, 3.05) is 19.6 Å². The molecular weight excluding hydrogens is 244 g/mol. The molecule has 0 radical (unpaired) electrons. The van der Waals surface area contributed by atoms with Crippen molar-refractivity contribution >= 4 is 0 Å². The van der Waals surface area contributed by atoms with Gasteiger partial charge in [0.1, 0.15) is 0 Å². The highest BCUT2D eigenvalue weighted by molar-refractivity contribution is 5.04. The van der Waals surface area contributed by atoms with Crippen molar-refractivity contribution in [3.05, 3.63) is 0 Å². The summed E-state index contributed by atoms with van der Waals surface area (Å²) in [6, 6.07) is 0.716. The van der Waals surface area contributed by atoms with Crippen LogP contribution in [0.2, 0.25) is 0 Å². The van der Waals surface area contributed by atoms with Gasteiger partial charge in [-0.1, -0.05) is 40.0 Å². The van der Waals surface area contributed by atoms with Crippen LogP contribution in [0.4, 0.5) is 0 Å². The first-order valence-corrected chi connectivity index (χ1v) is 9.04. The van der Waals surface area contributed by atoms with E-state index in [1.165, 1.54) is 64.6 Å². The van der Waals surface area contributed by atoms with E-state index in [1.54, 1.807) is 0 Å². The summed E-state index contributed by atoms with van der Waals surface area (Å²) in [6.45, 7) is 13.3. The Morgan fingerprint density at radius 2 is 1.95 bits per heavy atom. The van der Waals surface area contributed by atoms with E-state index in [2.05, 4.69) is 37.9 Å². The zero-order valence-electron chi connectivity index (χ0n) is 14.3. The fourth-order valence-electron chi connectivity index (χ4n) is 3.91. The van der Waals surface area contributed by atoms with Crippen molar-refractivity contribution in [3.8, 4) is 0 Å². The molecule has 118 valence electrons. The predicted octanol–water partition coefficient (Wildman–Crippen LogP) is 4.06.